The van der Waals surface area contributed by atoms with Crippen molar-refractivity contribution >= 4 is 11.5 Å². The summed E-state index contributed by atoms with van der Waals surface area (Å²) in [5.74, 6) is 0.775. The molecule has 5 nitrogen and oxygen atoms in total. The summed E-state index contributed by atoms with van der Waals surface area (Å²) in [6.45, 7) is 0. The molecule has 2 aromatic rings. The molecule has 1 aromatic carbocycles. The van der Waals surface area contributed by atoms with Crippen LogP contribution in [0, 0.1) is 0 Å². The van der Waals surface area contributed by atoms with E-state index in [2.05, 4.69) is 4.98 Å². The normalized spacial score (nSPS) is 10.0. The standard InChI is InChI=1S/C14H14N2O3/c1-18-10-6-9(7-16-8-10)14(17)11-4-3-5-12(19-2)13(11)15/h3-8H,15H2,1-2H3. The predicted molar refractivity (Wildman–Crippen MR) is 71.6 cm³/mol. The van der Waals surface area contributed by atoms with Crippen LogP contribution < -0.4 is 15.2 Å². The molecule has 0 spiro atoms. The van der Waals surface area contributed by atoms with Crippen LogP contribution in [0.4, 0.5) is 5.69 Å². The largest absolute Gasteiger partial charge is 0.495 e. The Kier molecular flexibility index (Phi) is 3.66. The molecule has 0 atom stereocenters. The van der Waals surface area contributed by atoms with Crippen LogP contribution in [0.5, 0.6) is 11.5 Å². The number of ketones is 1. The summed E-state index contributed by atoms with van der Waals surface area (Å²) in [5.41, 5.74) is 7.02. The Bertz CT molecular complexity index is 611. The number of methoxy groups -OCH3 is 2. The number of aromatic nitrogens is 1. The van der Waals surface area contributed by atoms with Gasteiger partial charge in [-0.1, -0.05) is 6.07 Å². The third-order valence-corrected chi connectivity index (χ3v) is 2.74. The molecule has 1 aromatic heterocycles. The van der Waals surface area contributed by atoms with Crippen LogP contribution in [0.3, 0.4) is 0 Å². The van der Waals surface area contributed by atoms with Crippen molar-refractivity contribution in [1.29, 1.82) is 0 Å². The second kappa shape index (κ2) is 5.39. The molecular formula is C14H14N2O3. The number of carbonyl (C=O) groups is 1. The average molecular weight is 258 g/mol. The fourth-order valence-electron chi connectivity index (χ4n) is 1.73. The van der Waals surface area contributed by atoms with Gasteiger partial charge in [0.2, 0.25) is 0 Å². The first-order valence-corrected chi connectivity index (χ1v) is 5.63. The summed E-state index contributed by atoms with van der Waals surface area (Å²) in [6.07, 6.45) is 3.01. The number of carbonyl (C=O) groups excluding carboxylic acids is 1. The van der Waals surface area contributed by atoms with Crippen molar-refractivity contribution in [3.63, 3.8) is 0 Å². The molecule has 0 aliphatic rings. The molecule has 2 N–H and O–H groups in total. The van der Waals surface area contributed by atoms with E-state index in [4.69, 9.17) is 15.2 Å². The van der Waals surface area contributed by atoms with Crippen LogP contribution in [-0.2, 0) is 0 Å². The molecule has 0 aliphatic carbocycles. The van der Waals surface area contributed by atoms with Gasteiger partial charge in [0, 0.05) is 17.3 Å². The van der Waals surface area contributed by atoms with E-state index >= 15 is 0 Å². The Morgan fingerprint density at radius 1 is 1.21 bits per heavy atom. The van der Waals surface area contributed by atoms with E-state index in [9.17, 15) is 4.79 Å². The number of nitrogens with zero attached hydrogens (tertiary/aromatic N) is 1. The van der Waals surface area contributed by atoms with Crippen LogP contribution in [-0.4, -0.2) is 25.0 Å². The maximum absolute atomic E-state index is 12.4. The molecule has 0 saturated heterocycles. The van der Waals surface area contributed by atoms with Crippen LogP contribution in [0.2, 0.25) is 0 Å². The maximum Gasteiger partial charge on any atom is 0.196 e. The highest BCUT2D eigenvalue weighted by atomic mass is 16.5. The Balaban J connectivity index is 2.44. The zero-order valence-electron chi connectivity index (χ0n) is 10.7. The molecule has 0 amide bonds. The molecule has 1 heterocycles. The summed E-state index contributed by atoms with van der Waals surface area (Å²) in [7, 11) is 3.03. The van der Waals surface area contributed by atoms with Gasteiger partial charge < -0.3 is 15.2 Å². The highest BCUT2D eigenvalue weighted by molar-refractivity contribution is 6.12. The first-order chi connectivity index (χ1) is 9.17. The molecular weight excluding hydrogens is 244 g/mol. The average Bonchev–Trinajstić information content (AvgIpc) is 2.47. The van der Waals surface area contributed by atoms with E-state index in [1.807, 2.05) is 0 Å². The zero-order valence-corrected chi connectivity index (χ0v) is 10.7. The zero-order chi connectivity index (χ0) is 13.8. The molecule has 0 unspecified atom stereocenters. The lowest BCUT2D eigenvalue weighted by Gasteiger charge is -2.09. The minimum atomic E-state index is -0.220. The minimum Gasteiger partial charge on any atom is -0.495 e. The highest BCUT2D eigenvalue weighted by Gasteiger charge is 2.15. The third kappa shape index (κ3) is 2.49. The summed E-state index contributed by atoms with van der Waals surface area (Å²) in [6, 6.07) is 6.69. The van der Waals surface area contributed by atoms with Crippen molar-refractivity contribution in [2.45, 2.75) is 0 Å². The molecule has 0 aliphatic heterocycles. The molecule has 0 radical (unpaired) electrons. The summed E-state index contributed by atoms with van der Waals surface area (Å²) in [4.78, 5) is 16.3. The van der Waals surface area contributed by atoms with Gasteiger partial charge in [0.25, 0.3) is 0 Å². The minimum absolute atomic E-state index is 0.220. The van der Waals surface area contributed by atoms with Gasteiger partial charge in [-0.25, -0.2) is 0 Å². The SMILES string of the molecule is COc1cncc(C(=O)c2cccc(OC)c2N)c1. The second-order valence-corrected chi connectivity index (χ2v) is 3.86. The maximum atomic E-state index is 12.4. The lowest BCUT2D eigenvalue weighted by molar-refractivity contribution is 0.103. The number of rotatable bonds is 4. The number of para-hydroxylation sites is 1. The predicted octanol–water partition coefficient (Wildman–Crippen LogP) is 1.91. The first-order valence-electron chi connectivity index (χ1n) is 5.63. The van der Waals surface area contributed by atoms with Crippen molar-refractivity contribution in [2.24, 2.45) is 0 Å². The third-order valence-electron chi connectivity index (χ3n) is 2.74. The molecule has 19 heavy (non-hydrogen) atoms. The highest BCUT2D eigenvalue weighted by Crippen LogP contribution is 2.27. The monoisotopic (exact) mass is 258 g/mol. The number of hydrogen-bond acceptors (Lipinski definition) is 5. The second-order valence-electron chi connectivity index (χ2n) is 3.86. The van der Waals surface area contributed by atoms with E-state index in [0.717, 1.165) is 0 Å². The molecule has 0 fully saturated rings. The van der Waals surface area contributed by atoms with Crippen molar-refractivity contribution in [2.75, 3.05) is 20.0 Å². The van der Waals surface area contributed by atoms with Gasteiger partial charge in [0.05, 0.1) is 26.1 Å². The molecule has 98 valence electrons. The van der Waals surface area contributed by atoms with E-state index in [-0.39, 0.29) is 5.78 Å². The van der Waals surface area contributed by atoms with E-state index in [1.165, 1.54) is 26.6 Å². The van der Waals surface area contributed by atoms with E-state index in [0.29, 0.717) is 28.3 Å². The van der Waals surface area contributed by atoms with Gasteiger partial charge in [0.15, 0.2) is 5.78 Å². The van der Waals surface area contributed by atoms with Gasteiger partial charge >= 0.3 is 0 Å². The first kappa shape index (κ1) is 12.9. The van der Waals surface area contributed by atoms with Gasteiger partial charge in [-0.05, 0) is 18.2 Å². The molecule has 0 bridgehead atoms. The summed E-state index contributed by atoms with van der Waals surface area (Å²) in [5, 5.41) is 0. The number of hydrogen-bond donors (Lipinski definition) is 1. The fourth-order valence-corrected chi connectivity index (χ4v) is 1.73. The Labute approximate surface area is 111 Å². The van der Waals surface area contributed by atoms with Crippen LogP contribution in [0.25, 0.3) is 0 Å². The number of nitrogens with two attached hydrogens (primary N) is 1. The number of benzene rings is 1. The lowest BCUT2D eigenvalue weighted by atomic mass is 10.0. The van der Waals surface area contributed by atoms with Crippen molar-refractivity contribution in [3.8, 4) is 11.5 Å². The lowest BCUT2D eigenvalue weighted by Crippen LogP contribution is -2.07. The van der Waals surface area contributed by atoms with Gasteiger partial charge in [-0.15, -0.1) is 0 Å². The van der Waals surface area contributed by atoms with Gasteiger partial charge in [-0.2, -0.15) is 0 Å². The van der Waals surface area contributed by atoms with E-state index in [1.54, 1.807) is 24.3 Å². The number of pyridine rings is 1. The van der Waals surface area contributed by atoms with Gasteiger partial charge in [-0.3, -0.25) is 9.78 Å². The molecule has 2 rings (SSSR count). The van der Waals surface area contributed by atoms with Gasteiger partial charge in [0.1, 0.15) is 11.5 Å². The topological polar surface area (TPSA) is 74.4 Å². The van der Waals surface area contributed by atoms with E-state index < -0.39 is 0 Å². The van der Waals surface area contributed by atoms with Crippen molar-refractivity contribution in [1.82, 2.24) is 4.98 Å². The number of anilines is 1. The Morgan fingerprint density at radius 3 is 2.68 bits per heavy atom. The van der Waals surface area contributed by atoms with Crippen LogP contribution in [0.1, 0.15) is 15.9 Å². The summed E-state index contributed by atoms with van der Waals surface area (Å²) < 4.78 is 10.1. The molecule has 5 heteroatoms. The van der Waals surface area contributed by atoms with Crippen molar-refractivity contribution < 1.29 is 14.3 Å². The number of ether oxygens (including phenoxy) is 2. The quantitative estimate of drug-likeness (QED) is 0.669. The smallest absolute Gasteiger partial charge is 0.196 e. The van der Waals surface area contributed by atoms with Crippen LogP contribution >= 0.6 is 0 Å². The van der Waals surface area contributed by atoms with Crippen LogP contribution in [0.15, 0.2) is 36.7 Å². The summed E-state index contributed by atoms with van der Waals surface area (Å²) >= 11 is 0. The van der Waals surface area contributed by atoms with Crippen molar-refractivity contribution in [3.05, 3.63) is 47.8 Å². The fraction of sp³-hybridized carbons (Fsp3) is 0.143. The molecule has 0 saturated carbocycles. The Hall–Kier alpha value is -2.56. The number of nitrogen functional groups attached to an aromatic ring is 1. The Morgan fingerprint density at radius 2 is 2.00 bits per heavy atom.